The number of nitrogens with one attached hydrogen (secondary N) is 1. The Labute approximate surface area is 146 Å². The highest BCUT2D eigenvalue weighted by atomic mass is 19.1. The predicted octanol–water partition coefficient (Wildman–Crippen LogP) is 3.47. The third-order valence-electron chi connectivity index (χ3n) is 3.46. The highest BCUT2D eigenvalue weighted by Crippen LogP contribution is 2.14. The molecule has 0 atom stereocenters. The number of halogens is 1. The molecule has 0 unspecified atom stereocenters. The number of pyridine rings is 1. The van der Waals surface area contributed by atoms with E-state index in [9.17, 15) is 9.18 Å². The molecule has 6 heteroatoms. The summed E-state index contributed by atoms with van der Waals surface area (Å²) in [7, 11) is 0. The molecule has 2 aromatic rings. The first-order chi connectivity index (χ1) is 12.1. The Morgan fingerprint density at radius 2 is 2.16 bits per heavy atom. The Morgan fingerprint density at radius 1 is 1.32 bits per heavy atom. The molecule has 0 bridgehead atoms. The molecule has 25 heavy (non-hydrogen) atoms. The minimum Gasteiger partial charge on any atom is -0.490 e. The van der Waals surface area contributed by atoms with E-state index in [4.69, 9.17) is 10.5 Å². The maximum Gasteiger partial charge on any atom is 0.255 e. The SMILES string of the molecule is CCC/C=C/COc1cccc(CNC(=O)c2ccc(F)nc2N)c1. The number of allylic oxidation sites excluding steroid dienone is 1. The molecule has 2 rings (SSSR count). The summed E-state index contributed by atoms with van der Waals surface area (Å²) in [6.45, 7) is 2.94. The highest BCUT2D eigenvalue weighted by Gasteiger charge is 2.11. The Hall–Kier alpha value is -2.89. The van der Waals surface area contributed by atoms with E-state index < -0.39 is 11.9 Å². The molecule has 5 nitrogen and oxygen atoms in total. The van der Waals surface area contributed by atoms with Crippen LogP contribution in [0.5, 0.6) is 5.75 Å². The second-order valence-electron chi connectivity index (χ2n) is 5.47. The lowest BCUT2D eigenvalue weighted by Gasteiger charge is -2.09. The zero-order chi connectivity index (χ0) is 18.1. The molecular formula is C19H22FN3O2. The highest BCUT2D eigenvalue weighted by molar-refractivity contribution is 5.98. The first-order valence-electron chi connectivity index (χ1n) is 8.17. The number of hydrogen-bond donors (Lipinski definition) is 2. The average molecular weight is 343 g/mol. The van der Waals surface area contributed by atoms with Crippen molar-refractivity contribution in [3.8, 4) is 5.75 Å². The lowest BCUT2D eigenvalue weighted by atomic mass is 10.2. The van der Waals surface area contributed by atoms with Crippen LogP contribution in [0, 0.1) is 5.95 Å². The van der Waals surface area contributed by atoms with Crippen molar-refractivity contribution in [2.45, 2.75) is 26.3 Å². The third-order valence-corrected chi connectivity index (χ3v) is 3.46. The van der Waals surface area contributed by atoms with Crippen molar-refractivity contribution in [3.63, 3.8) is 0 Å². The third kappa shape index (κ3) is 5.91. The summed E-state index contributed by atoms with van der Waals surface area (Å²) in [5.41, 5.74) is 6.60. The fourth-order valence-electron chi connectivity index (χ4n) is 2.16. The lowest BCUT2D eigenvalue weighted by molar-refractivity contribution is 0.0951. The Bertz CT molecular complexity index is 747. The molecule has 1 aromatic heterocycles. The van der Waals surface area contributed by atoms with Crippen LogP contribution in [0.3, 0.4) is 0 Å². The standard InChI is InChI=1S/C19H22FN3O2/c1-2-3-4-5-11-25-15-8-6-7-14(12-15)13-22-19(24)16-9-10-17(20)23-18(16)21/h4-10,12H,2-3,11,13H2,1H3,(H2,21,23)(H,22,24)/b5-4+. The van der Waals surface area contributed by atoms with Crippen LogP contribution >= 0.6 is 0 Å². The van der Waals surface area contributed by atoms with Crippen molar-refractivity contribution >= 4 is 11.7 Å². The summed E-state index contributed by atoms with van der Waals surface area (Å²) in [5, 5.41) is 2.74. The summed E-state index contributed by atoms with van der Waals surface area (Å²) in [6.07, 6.45) is 6.23. The summed E-state index contributed by atoms with van der Waals surface area (Å²) in [5.74, 6) is -0.519. The summed E-state index contributed by atoms with van der Waals surface area (Å²) >= 11 is 0. The lowest BCUT2D eigenvalue weighted by Crippen LogP contribution is -2.24. The van der Waals surface area contributed by atoms with Crippen LogP contribution in [0.1, 0.15) is 35.7 Å². The Morgan fingerprint density at radius 3 is 2.92 bits per heavy atom. The average Bonchev–Trinajstić information content (AvgIpc) is 2.60. The van der Waals surface area contributed by atoms with E-state index in [1.807, 2.05) is 30.3 Å². The number of benzene rings is 1. The molecule has 0 aliphatic carbocycles. The van der Waals surface area contributed by atoms with Crippen molar-refractivity contribution in [1.29, 1.82) is 0 Å². The molecule has 1 heterocycles. The van der Waals surface area contributed by atoms with Crippen molar-refractivity contribution in [3.05, 3.63) is 65.6 Å². The van der Waals surface area contributed by atoms with Gasteiger partial charge >= 0.3 is 0 Å². The Balaban J connectivity index is 1.90. The maximum atomic E-state index is 12.9. The molecule has 1 amide bonds. The van der Waals surface area contributed by atoms with Gasteiger partial charge in [-0.15, -0.1) is 0 Å². The summed E-state index contributed by atoms with van der Waals surface area (Å²) < 4.78 is 18.6. The Kier molecular flexibility index (Phi) is 6.95. The van der Waals surface area contributed by atoms with E-state index in [-0.39, 0.29) is 11.4 Å². The first-order valence-corrected chi connectivity index (χ1v) is 8.17. The zero-order valence-electron chi connectivity index (χ0n) is 14.2. The quantitative estimate of drug-likeness (QED) is 0.568. The summed E-state index contributed by atoms with van der Waals surface area (Å²) in [4.78, 5) is 15.6. The number of carbonyl (C=O) groups excluding carboxylic acids is 1. The van der Waals surface area contributed by atoms with Crippen LogP contribution in [-0.4, -0.2) is 17.5 Å². The maximum absolute atomic E-state index is 12.9. The molecule has 0 saturated heterocycles. The molecule has 0 aliphatic heterocycles. The van der Waals surface area contributed by atoms with Crippen LogP contribution in [0.4, 0.5) is 10.2 Å². The van der Waals surface area contributed by atoms with E-state index >= 15 is 0 Å². The van der Waals surface area contributed by atoms with Gasteiger partial charge in [-0.2, -0.15) is 4.39 Å². The van der Waals surface area contributed by atoms with Crippen LogP contribution < -0.4 is 15.8 Å². The van der Waals surface area contributed by atoms with Gasteiger partial charge in [0.15, 0.2) is 0 Å². The van der Waals surface area contributed by atoms with E-state index in [1.165, 1.54) is 6.07 Å². The first kappa shape index (κ1) is 18.4. The van der Waals surface area contributed by atoms with Crippen molar-refractivity contribution in [1.82, 2.24) is 10.3 Å². The summed E-state index contributed by atoms with van der Waals surface area (Å²) in [6, 6.07) is 9.88. The van der Waals surface area contributed by atoms with Crippen LogP contribution in [0.15, 0.2) is 48.6 Å². The van der Waals surface area contributed by atoms with Crippen molar-refractivity contribution in [2.24, 2.45) is 0 Å². The number of unbranched alkanes of at least 4 members (excludes halogenated alkanes) is 1. The molecule has 0 aliphatic rings. The smallest absolute Gasteiger partial charge is 0.255 e. The zero-order valence-corrected chi connectivity index (χ0v) is 14.2. The second kappa shape index (κ2) is 9.42. The minimum atomic E-state index is -0.716. The molecule has 0 saturated carbocycles. The van der Waals surface area contributed by atoms with E-state index in [1.54, 1.807) is 0 Å². The molecular weight excluding hydrogens is 321 g/mol. The van der Waals surface area contributed by atoms with Gasteiger partial charge in [0.05, 0.1) is 5.56 Å². The van der Waals surface area contributed by atoms with Gasteiger partial charge in [0.1, 0.15) is 18.2 Å². The van der Waals surface area contributed by atoms with Crippen LogP contribution in [0.2, 0.25) is 0 Å². The van der Waals surface area contributed by atoms with Crippen molar-refractivity contribution < 1.29 is 13.9 Å². The number of aromatic nitrogens is 1. The largest absolute Gasteiger partial charge is 0.490 e. The number of anilines is 1. The van der Waals surface area contributed by atoms with Gasteiger partial charge in [0.2, 0.25) is 5.95 Å². The van der Waals surface area contributed by atoms with Crippen LogP contribution in [-0.2, 0) is 6.54 Å². The number of ether oxygens (including phenoxy) is 1. The van der Waals surface area contributed by atoms with E-state index in [0.717, 1.165) is 30.2 Å². The molecule has 0 fully saturated rings. The van der Waals surface area contributed by atoms with Gasteiger partial charge in [-0.05, 0) is 36.2 Å². The number of nitrogens with zero attached hydrogens (tertiary/aromatic N) is 1. The second-order valence-corrected chi connectivity index (χ2v) is 5.47. The van der Waals surface area contributed by atoms with Gasteiger partial charge in [-0.25, -0.2) is 4.98 Å². The molecule has 0 spiro atoms. The monoisotopic (exact) mass is 343 g/mol. The van der Waals surface area contributed by atoms with E-state index in [0.29, 0.717) is 13.2 Å². The number of nitrogen functional groups attached to an aromatic ring is 1. The van der Waals surface area contributed by atoms with Gasteiger partial charge in [0.25, 0.3) is 5.91 Å². The number of carbonyl (C=O) groups is 1. The fourth-order valence-corrected chi connectivity index (χ4v) is 2.16. The number of amides is 1. The number of rotatable bonds is 8. The van der Waals surface area contributed by atoms with Gasteiger partial charge < -0.3 is 15.8 Å². The normalized spacial score (nSPS) is 10.8. The van der Waals surface area contributed by atoms with Crippen LogP contribution in [0.25, 0.3) is 0 Å². The van der Waals surface area contributed by atoms with Gasteiger partial charge in [-0.3, -0.25) is 4.79 Å². The molecule has 0 radical (unpaired) electrons. The minimum absolute atomic E-state index is 0.131. The van der Waals surface area contributed by atoms with Gasteiger partial charge in [0, 0.05) is 6.54 Å². The molecule has 3 N–H and O–H groups in total. The number of hydrogen-bond acceptors (Lipinski definition) is 4. The van der Waals surface area contributed by atoms with E-state index in [2.05, 4.69) is 23.3 Å². The molecule has 1 aromatic carbocycles. The topological polar surface area (TPSA) is 77.2 Å². The molecule has 132 valence electrons. The predicted molar refractivity (Wildman–Crippen MR) is 95.8 cm³/mol. The van der Waals surface area contributed by atoms with Gasteiger partial charge in [-0.1, -0.05) is 37.6 Å². The fraction of sp³-hybridized carbons (Fsp3) is 0.263. The number of nitrogens with two attached hydrogens (primary N) is 1. The van der Waals surface area contributed by atoms with Crippen molar-refractivity contribution in [2.75, 3.05) is 12.3 Å².